The molecule has 0 radical (unpaired) electrons. The average molecular weight is 391 g/mol. The van der Waals surface area contributed by atoms with Crippen LogP contribution in [0.3, 0.4) is 0 Å². The van der Waals surface area contributed by atoms with Gasteiger partial charge in [-0.15, -0.1) is 0 Å². The maximum atomic E-state index is 13.6. The first-order valence-electron chi connectivity index (χ1n) is 8.70. The Kier molecular flexibility index (Phi) is 5.96. The molecule has 0 saturated heterocycles. The van der Waals surface area contributed by atoms with E-state index in [1.165, 1.54) is 6.07 Å². The van der Waals surface area contributed by atoms with Crippen molar-refractivity contribution in [2.24, 2.45) is 0 Å². The van der Waals surface area contributed by atoms with E-state index in [0.717, 1.165) is 0 Å². The van der Waals surface area contributed by atoms with Crippen LogP contribution in [-0.4, -0.2) is 24.5 Å². The summed E-state index contributed by atoms with van der Waals surface area (Å²) in [5, 5.41) is 3.15. The summed E-state index contributed by atoms with van der Waals surface area (Å²) in [5.74, 6) is -0.269. The second kappa shape index (κ2) is 8.39. The van der Waals surface area contributed by atoms with Crippen LogP contribution in [-0.2, 0) is 16.1 Å². The predicted molar refractivity (Wildman–Crippen MR) is 101 cm³/mol. The lowest BCUT2D eigenvalue weighted by atomic mass is 10.1. The van der Waals surface area contributed by atoms with Crippen molar-refractivity contribution in [3.05, 3.63) is 58.9 Å². The number of rotatable bonds is 5. The Hall–Kier alpha value is -2.60. The van der Waals surface area contributed by atoms with Crippen LogP contribution in [0.2, 0.25) is 5.02 Å². The molecular weight excluding hydrogens is 371 g/mol. The lowest BCUT2D eigenvalue weighted by Gasteiger charge is -2.33. The topological polar surface area (TPSA) is 58.6 Å². The molecular formula is C20H20ClFN2O3. The molecule has 2 aromatic rings. The highest BCUT2D eigenvalue weighted by Gasteiger charge is 2.27. The lowest BCUT2D eigenvalue weighted by molar-refractivity contribution is -0.125. The van der Waals surface area contributed by atoms with Crippen LogP contribution in [0.25, 0.3) is 0 Å². The summed E-state index contributed by atoms with van der Waals surface area (Å²) in [4.78, 5) is 26.3. The van der Waals surface area contributed by atoms with Gasteiger partial charge in [0.05, 0.1) is 12.2 Å². The van der Waals surface area contributed by atoms with E-state index in [0.29, 0.717) is 28.6 Å². The summed E-state index contributed by atoms with van der Waals surface area (Å²) in [7, 11) is 0. The first-order chi connectivity index (χ1) is 12.9. The van der Waals surface area contributed by atoms with E-state index in [1.54, 1.807) is 41.3 Å². The van der Waals surface area contributed by atoms with Gasteiger partial charge in [-0.2, -0.15) is 0 Å². The van der Waals surface area contributed by atoms with Crippen molar-refractivity contribution in [2.75, 3.05) is 11.4 Å². The van der Waals surface area contributed by atoms with Crippen molar-refractivity contribution < 1.29 is 18.7 Å². The van der Waals surface area contributed by atoms with Gasteiger partial charge >= 0.3 is 0 Å². The Labute approximate surface area is 162 Å². The molecule has 1 aliphatic rings. The molecule has 2 amide bonds. The van der Waals surface area contributed by atoms with E-state index >= 15 is 0 Å². The van der Waals surface area contributed by atoms with E-state index < -0.39 is 0 Å². The molecule has 5 nitrogen and oxygen atoms in total. The predicted octanol–water partition coefficient (Wildman–Crippen LogP) is 3.69. The van der Waals surface area contributed by atoms with Gasteiger partial charge < -0.3 is 15.0 Å². The van der Waals surface area contributed by atoms with E-state index in [9.17, 15) is 14.0 Å². The van der Waals surface area contributed by atoms with Gasteiger partial charge in [0.25, 0.3) is 0 Å². The van der Waals surface area contributed by atoms with Crippen LogP contribution in [0.4, 0.5) is 10.1 Å². The van der Waals surface area contributed by atoms with Crippen molar-refractivity contribution in [1.29, 1.82) is 0 Å². The fourth-order valence-corrected chi connectivity index (χ4v) is 3.09. The molecule has 1 N–H and O–H groups in total. The second-order valence-electron chi connectivity index (χ2n) is 6.41. The summed E-state index contributed by atoms with van der Waals surface area (Å²) in [6.07, 6.45) is -0.0889. The number of halogens is 2. The number of ether oxygens (including phenoxy) is 1. The van der Waals surface area contributed by atoms with Gasteiger partial charge in [-0.05, 0) is 31.2 Å². The average Bonchev–Trinajstić information content (AvgIpc) is 2.65. The van der Waals surface area contributed by atoms with Crippen LogP contribution >= 0.6 is 11.6 Å². The number of fused-ring (bicyclic) bond motifs is 1. The third-order valence-electron chi connectivity index (χ3n) is 4.28. The van der Waals surface area contributed by atoms with Crippen LogP contribution < -0.4 is 15.0 Å². The van der Waals surface area contributed by atoms with Crippen LogP contribution in [0.15, 0.2) is 42.5 Å². The highest BCUT2D eigenvalue weighted by Crippen LogP contribution is 2.36. The molecule has 7 heteroatoms. The highest BCUT2D eigenvalue weighted by molar-refractivity contribution is 6.31. The lowest BCUT2D eigenvalue weighted by Crippen LogP contribution is -2.42. The third-order valence-corrected chi connectivity index (χ3v) is 4.52. The van der Waals surface area contributed by atoms with Crippen molar-refractivity contribution in [2.45, 2.75) is 32.4 Å². The molecule has 1 aliphatic heterocycles. The highest BCUT2D eigenvalue weighted by atomic mass is 35.5. The Balaban J connectivity index is 1.57. The van der Waals surface area contributed by atoms with Crippen molar-refractivity contribution in [3.8, 4) is 5.75 Å². The molecule has 3 rings (SSSR count). The van der Waals surface area contributed by atoms with Gasteiger partial charge in [0.1, 0.15) is 17.7 Å². The molecule has 0 bridgehead atoms. The third kappa shape index (κ3) is 4.77. The molecule has 1 heterocycles. The molecule has 0 unspecified atom stereocenters. The number of carbonyl (C=O) groups is 2. The van der Waals surface area contributed by atoms with Crippen LogP contribution in [0.1, 0.15) is 25.3 Å². The first-order valence-corrected chi connectivity index (χ1v) is 9.08. The molecule has 27 heavy (non-hydrogen) atoms. The minimum absolute atomic E-state index is 0.0227. The van der Waals surface area contributed by atoms with E-state index in [-0.39, 0.29) is 43.1 Å². The molecule has 142 valence electrons. The molecule has 0 fully saturated rings. The second-order valence-corrected chi connectivity index (χ2v) is 6.85. The Bertz CT molecular complexity index is 859. The van der Waals surface area contributed by atoms with Gasteiger partial charge in [-0.1, -0.05) is 29.8 Å². The van der Waals surface area contributed by atoms with Crippen LogP contribution in [0, 0.1) is 5.82 Å². The normalized spacial score (nSPS) is 15.7. The summed E-state index contributed by atoms with van der Waals surface area (Å²) in [6, 6.07) is 11.4. The summed E-state index contributed by atoms with van der Waals surface area (Å²) < 4.78 is 19.3. The summed E-state index contributed by atoms with van der Waals surface area (Å²) in [6.45, 7) is 2.36. The quantitative estimate of drug-likeness (QED) is 0.847. The Morgan fingerprint density at radius 1 is 1.26 bits per heavy atom. The molecule has 2 aromatic carbocycles. The molecule has 0 saturated carbocycles. The van der Waals surface area contributed by atoms with E-state index in [4.69, 9.17) is 16.3 Å². The van der Waals surface area contributed by atoms with Gasteiger partial charge in [-0.3, -0.25) is 9.59 Å². The monoisotopic (exact) mass is 390 g/mol. The SMILES string of the molecule is C[C@H]1CN(C(=O)CCC(=O)NCc2ccccc2F)c2cc(Cl)ccc2O1. The number of anilines is 1. The van der Waals surface area contributed by atoms with Gasteiger partial charge in [-0.25, -0.2) is 4.39 Å². The molecule has 1 atom stereocenters. The number of amides is 2. The Morgan fingerprint density at radius 3 is 2.81 bits per heavy atom. The summed E-state index contributed by atoms with van der Waals surface area (Å²) in [5.41, 5.74) is 1.01. The minimum atomic E-state index is -0.371. The maximum absolute atomic E-state index is 13.6. The molecule has 0 aliphatic carbocycles. The Morgan fingerprint density at radius 2 is 2.04 bits per heavy atom. The summed E-state index contributed by atoms with van der Waals surface area (Å²) >= 11 is 6.03. The number of hydrogen-bond acceptors (Lipinski definition) is 3. The largest absolute Gasteiger partial charge is 0.487 e. The van der Waals surface area contributed by atoms with Crippen molar-refractivity contribution >= 4 is 29.1 Å². The fraction of sp³-hybridized carbons (Fsp3) is 0.300. The minimum Gasteiger partial charge on any atom is -0.487 e. The molecule has 0 aromatic heterocycles. The zero-order chi connectivity index (χ0) is 19.4. The number of carbonyl (C=O) groups excluding carboxylic acids is 2. The zero-order valence-electron chi connectivity index (χ0n) is 14.9. The zero-order valence-corrected chi connectivity index (χ0v) is 15.6. The van der Waals surface area contributed by atoms with Gasteiger partial charge in [0.15, 0.2) is 0 Å². The number of nitrogens with one attached hydrogen (secondary N) is 1. The van der Waals surface area contributed by atoms with Gasteiger partial charge in [0.2, 0.25) is 11.8 Å². The van der Waals surface area contributed by atoms with Gasteiger partial charge in [0, 0.05) is 30.0 Å². The number of hydrogen-bond donors (Lipinski definition) is 1. The maximum Gasteiger partial charge on any atom is 0.227 e. The molecule has 0 spiro atoms. The van der Waals surface area contributed by atoms with Crippen molar-refractivity contribution in [3.63, 3.8) is 0 Å². The first kappa shape index (κ1) is 19.2. The van der Waals surface area contributed by atoms with E-state index in [1.807, 2.05) is 6.92 Å². The van der Waals surface area contributed by atoms with Crippen molar-refractivity contribution in [1.82, 2.24) is 5.32 Å². The fourth-order valence-electron chi connectivity index (χ4n) is 2.93. The number of nitrogens with zero attached hydrogens (tertiary/aromatic N) is 1. The number of benzene rings is 2. The standard InChI is InChI=1S/C20H20ClFN2O3/c1-13-12-24(17-10-15(21)6-7-18(17)27-13)20(26)9-8-19(25)23-11-14-4-2-3-5-16(14)22/h2-7,10,13H,8-9,11-12H2,1H3,(H,23,25)/t13-/m0/s1. The van der Waals surface area contributed by atoms with Crippen LogP contribution in [0.5, 0.6) is 5.75 Å². The van der Waals surface area contributed by atoms with E-state index in [2.05, 4.69) is 5.32 Å². The smallest absolute Gasteiger partial charge is 0.227 e.